The summed E-state index contributed by atoms with van der Waals surface area (Å²) in [4.78, 5) is 2.30. The first-order valence-corrected chi connectivity index (χ1v) is 16.1. The Morgan fingerprint density at radius 2 is 1.00 bits per heavy atom. The molecule has 0 bridgehead atoms. The summed E-state index contributed by atoms with van der Waals surface area (Å²) >= 11 is 0. The highest BCUT2D eigenvalue weighted by Crippen LogP contribution is 2.42. The van der Waals surface area contributed by atoms with Crippen LogP contribution in [0.25, 0.3) is 54.9 Å². The molecule has 3 nitrogen and oxygen atoms in total. The summed E-state index contributed by atoms with van der Waals surface area (Å²) < 4.78 is 5.30. The van der Waals surface area contributed by atoms with Crippen LogP contribution < -0.4 is 9.55 Å². The SMILES string of the molecule is O[B]Oc1cccc(-c2ccc(N(c3ccccc3)c3ccc(-c4cc5ccccc5c5ccccc45)cc3)cc2-c2ccccc2)c1. The van der Waals surface area contributed by atoms with Crippen molar-refractivity contribution in [3.8, 4) is 39.1 Å². The van der Waals surface area contributed by atoms with Crippen molar-refractivity contribution in [3.05, 3.63) is 182 Å². The highest BCUT2D eigenvalue weighted by atomic mass is 16.5. The normalized spacial score (nSPS) is 11.0. The van der Waals surface area contributed by atoms with E-state index >= 15 is 0 Å². The van der Waals surface area contributed by atoms with Gasteiger partial charge in [-0.05, 0) is 110 Å². The van der Waals surface area contributed by atoms with Gasteiger partial charge in [-0.15, -0.1) is 0 Å². The molecule has 0 aliphatic carbocycles. The fraction of sp³-hybridized carbons (Fsp3) is 0. The lowest BCUT2D eigenvalue weighted by atomic mass is 9.93. The van der Waals surface area contributed by atoms with E-state index in [4.69, 9.17) is 4.65 Å². The first kappa shape index (κ1) is 29.3. The second-order valence-electron chi connectivity index (χ2n) is 11.8. The Hall–Kier alpha value is -6.10. The van der Waals surface area contributed by atoms with Crippen LogP contribution in [-0.2, 0) is 0 Å². The van der Waals surface area contributed by atoms with Gasteiger partial charge in [-0.3, -0.25) is 0 Å². The number of anilines is 3. The van der Waals surface area contributed by atoms with E-state index in [1.165, 1.54) is 32.7 Å². The fourth-order valence-corrected chi connectivity index (χ4v) is 6.68. The van der Waals surface area contributed by atoms with Gasteiger partial charge in [0.25, 0.3) is 0 Å². The molecule has 0 atom stereocenters. The second-order valence-corrected chi connectivity index (χ2v) is 11.8. The maximum atomic E-state index is 9.25. The minimum Gasteiger partial charge on any atom is -0.537 e. The van der Waals surface area contributed by atoms with Gasteiger partial charge in [-0.1, -0.05) is 127 Å². The van der Waals surface area contributed by atoms with E-state index in [1.807, 2.05) is 30.3 Å². The van der Waals surface area contributed by atoms with Crippen LogP contribution in [0, 0.1) is 0 Å². The average Bonchev–Trinajstić information content (AvgIpc) is 3.16. The van der Waals surface area contributed by atoms with E-state index in [0.717, 1.165) is 39.3 Å². The molecule has 4 heteroatoms. The standard InChI is InChI=1S/C44H31BNO2/c47-45-48-38-18-11-15-33(28-38)40-27-26-37(30-44(40)31-12-3-1-4-13-31)46(35-16-5-2-6-17-35)36-24-22-32(23-25-36)43-29-34-14-7-8-19-39(34)41-20-9-10-21-42(41)43/h1-30,47H. The van der Waals surface area contributed by atoms with E-state index < -0.39 is 0 Å². The Kier molecular flexibility index (Phi) is 7.91. The molecule has 227 valence electrons. The van der Waals surface area contributed by atoms with Crippen LogP contribution in [-0.4, -0.2) is 12.7 Å². The molecule has 8 rings (SSSR count). The van der Waals surface area contributed by atoms with Gasteiger partial charge in [0, 0.05) is 17.1 Å². The fourth-order valence-electron chi connectivity index (χ4n) is 6.68. The zero-order chi connectivity index (χ0) is 32.3. The quantitative estimate of drug-likeness (QED) is 0.136. The Morgan fingerprint density at radius 1 is 0.396 bits per heavy atom. The van der Waals surface area contributed by atoms with Crippen LogP contribution in [0.3, 0.4) is 0 Å². The van der Waals surface area contributed by atoms with Crippen LogP contribution >= 0.6 is 0 Å². The second kappa shape index (κ2) is 13.0. The molecule has 0 aliphatic rings. The Morgan fingerprint density at radius 3 is 1.77 bits per heavy atom. The van der Waals surface area contributed by atoms with Gasteiger partial charge in [0.15, 0.2) is 0 Å². The number of fused-ring (bicyclic) bond motifs is 3. The zero-order valence-electron chi connectivity index (χ0n) is 26.2. The van der Waals surface area contributed by atoms with Crippen molar-refractivity contribution in [2.75, 3.05) is 4.90 Å². The average molecular weight is 617 g/mol. The maximum Gasteiger partial charge on any atom is 0.569 e. The van der Waals surface area contributed by atoms with Crippen LogP contribution in [0.1, 0.15) is 0 Å². The molecular formula is C44H31BNO2. The first-order valence-electron chi connectivity index (χ1n) is 16.1. The molecule has 8 aromatic rings. The van der Waals surface area contributed by atoms with Gasteiger partial charge < -0.3 is 14.6 Å². The topological polar surface area (TPSA) is 32.7 Å². The van der Waals surface area contributed by atoms with Crippen molar-refractivity contribution in [1.29, 1.82) is 0 Å². The van der Waals surface area contributed by atoms with Crippen molar-refractivity contribution in [2.24, 2.45) is 0 Å². The molecule has 1 radical (unpaired) electrons. The molecule has 0 aromatic heterocycles. The van der Waals surface area contributed by atoms with E-state index in [2.05, 4.69) is 157 Å². The summed E-state index contributed by atoms with van der Waals surface area (Å²) in [6.07, 6.45) is 0. The summed E-state index contributed by atoms with van der Waals surface area (Å²) in [6, 6.07) is 63.8. The molecule has 0 fully saturated rings. The van der Waals surface area contributed by atoms with E-state index in [9.17, 15) is 5.02 Å². The summed E-state index contributed by atoms with van der Waals surface area (Å²) in [6.45, 7) is 0. The zero-order valence-corrected chi connectivity index (χ0v) is 26.2. The summed E-state index contributed by atoms with van der Waals surface area (Å²) in [5.74, 6) is 0.572. The maximum absolute atomic E-state index is 9.25. The van der Waals surface area contributed by atoms with Crippen LogP contribution in [0.4, 0.5) is 17.1 Å². The molecular weight excluding hydrogens is 585 g/mol. The Labute approximate surface area is 281 Å². The number of para-hydroxylation sites is 1. The molecule has 48 heavy (non-hydrogen) atoms. The van der Waals surface area contributed by atoms with Gasteiger partial charge in [0.1, 0.15) is 5.75 Å². The van der Waals surface area contributed by atoms with Gasteiger partial charge in [-0.2, -0.15) is 0 Å². The van der Waals surface area contributed by atoms with Crippen molar-refractivity contribution in [3.63, 3.8) is 0 Å². The van der Waals surface area contributed by atoms with Crippen molar-refractivity contribution >= 4 is 46.3 Å². The number of hydrogen-bond donors (Lipinski definition) is 1. The molecule has 0 saturated carbocycles. The van der Waals surface area contributed by atoms with E-state index in [1.54, 1.807) is 0 Å². The summed E-state index contributed by atoms with van der Waals surface area (Å²) in [7, 11) is 0.714. The Balaban J connectivity index is 1.26. The molecule has 0 amide bonds. The third-order valence-electron chi connectivity index (χ3n) is 8.90. The number of nitrogens with zero attached hydrogens (tertiary/aromatic N) is 1. The Bertz CT molecular complexity index is 2360. The number of benzene rings is 8. The van der Waals surface area contributed by atoms with Crippen molar-refractivity contribution in [2.45, 2.75) is 0 Å². The molecule has 0 unspecified atom stereocenters. The summed E-state index contributed by atoms with van der Waals surface area (Å²) in [5.41, 5.74) is 9.86. The van der Waals surface area contributed by atoms with Crippen LogP contribution in [0.2, 0.25) is 0 Å². The van der Waals surface area contributed by atoms with E-state index in [0.29, 0.717) is 13.4 Å². The third-order valence-corrected chi connectivity index (χ3v) is 8.90. The minimum atomic E-state index is 0.572. The minimum absolute atomic E-state index is 0.572. The van der Waals surface area contributed by atoms with Crippen LogP contribution in [0.5, 0.6) is 5.75 Å². The molecule has 0 heterocycles. The monoisotopic (exact) mass is 616 g/mol. The molecule has 0 aliphatic heterocycles. The van der Waals surface area contributed by atoms with Crippen LogP contribution in [0.15, 0.2) is 182 Å². The lowest BCUT2D eigenvalue weighted by molar-refractivity contribution is 0.454. The van der Waals surface area contributed by atoms with Crippen molar-refractivity contribution in [1.82, 2.24) is 0 Å². The molecule has 0 saturated heterocycles. The molecule has 1 N–H and O–H groups in total. The van der Waals surface area contributed by atoms with Gasteiger partial charge in [0.2, 0.25) is 0 Å². The first-order chi connectivity index (χ1) is 23.8. The predicted molar refractivity (Wildman–Crippen MR) is 201 cm³/mol. The van der Waals surface area contributed by atoms with Gasteiger partial charge in [0.05, 0.1) is 0 Å². The lowest BCUT2D eigenvalue weighted by Crippen LogP contribution is -2.10. The van der Waals surface area contributed by atoms with Crippen molar-refractivity contribution < 1.29 is 9.68 Å². The molecule has 8 aromatic carbocycles. The number of rotatable bonds is 8. The molecule has 0 spiro atoms. The highest BCUT2D eigenvalue weighted by Gasteiger charge is 2.17. The predicted octanol–water partition coefficient (Wildman–Crippen LogP) is 11.4. The van der Waals surface area contributed by atoms with Gasteiger partial charge in [-0.25, -0.2) is 0 Å². The van der Waals surface area contributed by atoms with E-state index in [-0.39, 0.29) is 0 Å². The lowest BCUT2D eigenvalue weighted by Gasteiger charge is -2.27. The largest absolute Gasteiger partial charge is 0.569 e. The highest BCUT2D eigenvalue weighted by molar-refractivity contribution is 6.17. The number of hydrogen-bond acceptors (Lipinski definition) is 3. The van der Waals surface area contributed by atoms with Gasteiger partial charge >= 0.3 is 7.69 Å². The smallest absolute Gasteiger partial charge is 0.537 e. The summed E-state index contributed by atoms with van der Waals surface area (Å²) in [5, 5.41) is 14.3. The third kappa shape index (κ3) is 5.59.